The Morgan fingerprint density at radius 2 is 1.24 bits per heavy atom. The third-order valence-electron chi connectivity index (χ3n) is 7.91. The first-order chi connectivity index (χ1) is 23.2. The molecule has 50 heavy (non-hydrogen) atoms. The smallest absolute Gasteiger partial charge is 0.410 e. The number of nitrogens with one attached hydrogen (secondary N) is 2. The summed E-state index contributed by atoms with van der Waals surface area (Å²) in [5.41, 5.74) is 3.30. The Labute approximate surface area is 298 Å². The minimum absolute atomic E-state index is 0.0325. The van der Waals surface area contributed by atoms with Crippen molar-refractivity contribution in [2.75, 3.05) is 47.1 Å². The van der Waals surface area contributed by atoms with E-state index in [1.165, 1.54) is 0 Å². The lowest BCUT2D eigenvalue weighted by Crippen LogP contribution is -2.41. The number of sulfonamides is 2. The Hall–Kier alpha value is -3.78. The SMILES string of the molecule is CCS(=O)(=O)Nc1cccc(C2=CCN(C(=O)OC(C)(C)C)CC2)c1.CCS(=O)(=O)Nc1cccc(C2CCN(C(=O)OC(C)(C)C)CC2)c1. The van der Waals surface area contributed by atoms with E-state index >= 15 is 0 Å². The van der Waals surface area contributed by atoms with Gasteiger partial charge in [0.15, 0.2) is 0 Å². The number of carbonyl (C=O) groups excluding carboxylic acids is 2. The van der Waals surface area contributed by atoms with Crippen LogP contribution >= 0.6 is 0 Å². The molecular formula is C36H54N4O8S2. The van der Waals surface area contributed by atoms with Crippen molar-refractivity contribution in [3.63, 3.8) is 0 Å². The van der Waals surface area contributed by atoms with Gasteiger partial charge in [-0.3, -0.25) is 9.44 Å². The van der Waals surface area contributed by atoms with Gasteiger partial charge in [0.2, 0.25) is 20.0 Å². The van der Waals surface area contributed by atoms with Crippen LogP contribution < -0.4 is 9.44 Å². The molecule has 2 aliphatic heterocycles. The molecule has 0 saturated carbocycles. The Morgan fingerprint density at radius 1 is 0.740 bits per heavy atom. The number of carbonyl (C=O) groups is 2. The molecule has 2 aromatic rings. The number of nitrogens with zero attached hydrogens (tertiary/aromatic N) is 2. The zero-order valence-corrected chi connectivity index (χ0v) is 32.2. The number of piperidine rings is 1. The van der Waals surface area contributed by atoms with Crippen LogP contribution in [0.2, 0.25) is 0 Å². The predicted molar refractivity (Wildman–Crippen MR) is 199 cm³/mol. The summed E-state index contributed by atoms with van der Waals surface area (Å²) in [7, 11) is -6.57. The monoisotopic (exact) mass is 734 g/mol. The average molecular weight is 735 g/mol. The maximum absolute atomic E-state index is 12.1. The Kier molecular flexibility index (Phi) is 13.8. The normalized spacial score (nSPS) is 16.0. The van der Waals surface area contributed by atoms with Crippen LogP contribution in [0.25, 0.3) is 5.57 Å². The van der Waals surface area contributed by atoms with Crippen LogP contribution in [0.15, 0.2) is 54.6 Å². The van der Waals surface area contributed by atoms with Crippen LogP contribution in [0.5, 0.6) is 0 Å². The molecule has 0 spiro atoms. The van der Waals surface area contributed by atoms with Gasteiger partial charge < -0.3 is 19.3 Å². The molecule has 12 nitrogen and oxygen atoms in total. The fraction of sp³-hybridized carbons (Fsp3) is 0.556. The first kappa shape index (κ1) is 40.6. The third-order valence-corrected chi connectivity index (χ3v) is 10.5. The molecule has 1 saturated heterocycles. The van der Waals surface area contributed by atoms with Gasteiger partial charge in [0.25, 0.3) is 0 Å². The van der Waals surface area contributed by atoms with E-state index in [1.54, 1.807) is 35.8 Å². The number of hydrogen-bond acceptors (Lipinski definition) is 8. The number of likely N-dealkylation sites (tertiary alicyclic amines) is 1. The standard InChI is InChI=1S/C18H28N2O4S.C18H26N2O4S/c2*1-5-25(22,23)19-16-8-6-7-15(13-16)14-9-11-20(12-10-14)17(21)24-18(2,3)4/h6-8,13-14,19H,5,9-12H2,1-4H3;6-9,13,19H,5,10-12H2,1-4H3. The largest absolute Gasteiger partial charge is 0.444 e. The molecule has 2 N–H and O–H groups in total. The van der Waals surface area contributed by atoms with E-state index in [0.717, 1.165) is 29.5 Å². The maximum Gasteiger partial charge on any atom is 0.410 e. The average Bonchev–Trinajstić information content (AvgIpc) is 3.03. The summed E-state index contributed by atoms with van der Waals surface area (Å²) in [5.74, 6) is 0.390. The van der Waals surface area contributed by atoms with E-state index in [1.807, 2.05) is 84.0 Å². The van der Waals surface area contributed by atoms with E-state index in [-0.39, 0.29) is 23.7 Å². The lowest BCUT2D eigenvalue weighted by atomic mass is 9.89. The van der Waals surface area contributed by atoms with Crippen molar-refractivity contribution in [1.29, 1.82) is 0 Å². The summed E-state index contributed by atoms with van der Waals surface area (Å²) >= 11 is 0. The first-order valence-corrected chi connectivity index (χ1v) is 20.4. The number of hydrogen-bond donors (Lipinski definition) is 2. The van der Waals surface area contributed by atoms with Crippen LogP contribution in [-0.4, -0.2) is 87.7 Å². The number of ether oxygens (including phenoxy) is 2. The minimum atomic E-state index is -3.30. The summed E-state index contributed by atoms with van der Waals surface area (Å²) in [6.45, 7) is 16.7. The minimum Gasteiger partial charge on any atom is -0.444 e. The number of amides is 2. The van der Waals surface area contributed by atoms with Gasteiger partial charge in [-0.25, -0.2) is 26.4 Å². The van der Waals surface area contributed by atoms with E-state index in [2.05, 4.69) is 9.44 Å². The van der Waals surface area contributed by atoms with Crippen LogP contribution in [-0.2, 0) is 29.5 Å². The van der Waals surface area contributed by atoms with Crippen molar-refractivity contribution < 1.29 is 35.9 Å². The molecule has 278 valence electrons. The van der Waals surface area contributed by atoms with Gasteiger partial charge >= 0.3 is 12.2 Å². The van der Waals surface area contributed by atoms with Gasteiger partial charge in [0.05, 0.1) is 11.5 Å². The molecule has 0 radical (unpaired) electrons. The summed E-state index contributed by atoms with van der Waals surface area (Å²) in [6.07, 6.45) is 3.78. The van der Waals surface area contributed by atoms with Gasteiger partial charge in [-0.05, 0) is 122 Å². The Bertz CT molecular complexity index is 1720. The molecule has 4 rings (SSSR count). The second-order valence-electron chi connectivity index (χ2n) is 14.4. The summed E-state index contributed by atoms with van der Waals surface area (Å²) in [4.78, 5) is 27.6. The first-order valence-electron chi connectivity index (χ1n) is 17.1. The predicted octanol–water partition coefficient (Wildman–Crippen LogP) is 7.04. The highest BCUT2D eigenvalue weighted by Crippen LogP contribution is 2.31. The van der Waals surface area contributed by atoms with Crippen molar-refractivity contribution in [3.8, 4) is 0 Å². The molecule has 1 fully saturated rings. The van der Waals surface area contributed by atoms with Crippen molar-refractivity contribution >= 4 is 49.2 Å². The summed E-state index contributed by atoms with van der Waals surface area (Å²) < 4.78 is 62.8. The summed E-state index contributed by atoms with van der Waals surface area (Å²) in [6, 6.07) is 14.8. The highest BCUT2D eigenvalue weighted by atomic mass is 32.2. The van der Waals surface area contributed by atoms with Gasteiger partial charge in [-0.15, -0.1) is 0 Å². The molecule has 0 bridgehead atoms. The van der Waals surface area contributed by atoms with Gasteiger partial charge in [-0.1, -0.05) is 30.3 Å². The topological polar surface area (TPSA) is 151 Å². The molecule has 2 aromatic carbocycles. The number of anilines is 2. The van der Waals surface area contributed by atoms with E-state index in [0.29, 0.717) is 49.9 Å². The Balaban J connectivity index is 0.000000270. The van der Waals surface area contributed by atoms with Crippen molar-refractivity contribution in [3.05, 3.63) is 65.7 Å². The van der Waals surface area contributed by atoms with Crippen LogP contribution in [0.1, 0.15) is 91.7 Å². The van der Waals surface area contributed by atoms with Crippen molar-refractivity contribution in [2.24, 2.45) is 0 Å². The molecule has 2 heterocycles. The zero-order chi connectivity index (χ0) is 37.3. The van der Waals surface area contributed by atoms with Crippen molar-refractivity contribution in [1.82, 2.24) is 9.80 Å². The molecule has 0 atom stereocenters. The Morgan fingerprint density at radius 3 is 1.72 bits per heavy atom. The third kappa shape index (κ3) is 13.5. The highest BCUT2D eigenvalue weighted by Gasteiger charge is 2.28. The molecule has 0 aromatic heterocycles. The molecule has 0 aliphatic carbocycles. The molecule has 14 heteroatoms. The number of rotatable bonds is 8. The van der Waals surface area contributed by atoms with Crippen molar-refractivity contribution in [2.45, 2.75) is 91.8 Å². The molecule has 2 aliphatic rings. The van der Waals surface area contributed by atoms with Crippen LogP contribution in [0.4, 0.5) is 21.0 Å². The number of benzene rings is 2. The van der Waals surface area contributed by atoms with E-state index in [9.17, 15) is 26.4 Å². The van der Waals surface area contributed by atoms with E-state index in [4.69, 9.17) is 9.47 Å². The zero-order valence-electron chi connectivity index (χ0n) is 30.6. The van der Waals surface area contributed by atoms with Gasteiger partial charge in [-0.2, -0.15) is 0 Å². The maximum atomic E-state index is 12.1. The summed E-state index contributed by atoms with van der Waals surface area (Å²) in [5, 5.41) is 0. The second-order valence-corrected chi connectivity index (χ2v) is 18.4. The van der Waals surface area contributed by atoms with Crippen LogP contribution in [0.3, 0.4) is 0 Å². The fourth-order valence-electron chi connectivity index (χ4n) is 5.29. The van der Waals surface area contributed by atoms with Gasteiger partial charge in [0.1, 0.15) is 11.2 Å². The molecule has 2 amide bonds. The quantitative estimate of drug-likeness (QED) is 0.293. The van der Waals surface area contributed by atoms with Gasteiger partial charge in [0, 0.05) is 37.6 Å². The molecule has 0 unspecified atom stereocenters. The lowest BCUT2D eigenvalue weighted by Gasteiger charge is -2.33. The highest BCUT2D eigenvalue weighted by molar-refractivity contribution is 7.92. The van der Waals surface area contributed by atoms with Crippen LogP contribution in [0, 0.1) is 0 Å². The molecular weight excluding hydrogens is 681 g/mol. The van der Waals surface area contributed by atoms with E-state index < -0.39 is 31.2 Å². The fourth-order valence-corrected chi connectivity index (χ4v) is 6.55. The second kappa shape index (κ2) is 17.0. The lowest BCUT2D eigenvalue weighted by molar-refractivity contribution is 0.0203.